The Kier molecular flexibility index (Phi) is 2.27. The molecule has 3 nitrogen and oxygen atoms in total. The maximum Gasteiger partial charge on any atom is 0.132 e. The van der Waals surface area contributed by atoms with E-state index in [4.69, 9.17) is 4.74 Å². The topological polar surface area (TPSA) is 35.0 Å². The fourth-order valence-electron chi connectivity index (χ4n) is 1.21. The zero-order valence-corrected chi connectivity index (χ0v) is 7.95. The number of rotatable bonds is 3. The molecule has 0 N–H and O–H groups in total. The summed E-state index contributed by atoms with van der Waals surface area (Å²) < 4.78 is 5.18. The average Bonchev–Trinajstić information content (AvgIpc) is 3.00. The normalized spacial score (nSPS) is 18.6. The lowest BCUT2D eigenvalue weighted by Gasteiger charge is -2.08. The van der Waals surface area contributed by atoms with Crippen LogP contribution in [0.5, 0.6) is 0 Å². The van der Waals surface area contributed by atoms with Crippen LogP contribution in [0.25, 0.3) is 0 Å². The van der Waals surface area contributed by atoms with Crippen molar-refractivity contribution in [1.29, 1.82) is 0 Å². The molecule has 1 fully saturated rings. The fraction of sp³-hybridized carbons (Fsp3) is 0.600. The van der Waals surface area contributed by atoms with E-state index in [1.54, 1.807) is 13.2 Å². The van der Waals surface area contributed by atoms with Crippen LogP contribution in [0.3, 0.4) is 0 Å². The highest BCUT2D eigenvalue weighted by Gasteiger charge is 2.26. The van der Waals surface area contributed by atoms with Crippen LogP contribution in [0.4, 0.5) is 0 Å². The molecule has 1 unspecified atom stereocenters. The highest BCUT2D eigenvalue weighted by Crippen LogP contribution is 2.37. The van der Waals surface area contributed by atoms with Gasteiger partial charge in [-0.1, -0.05) is 0 Å². The predicted octanol–water partition coefficient (Wildman–Crippen LogP) is 1.86. The van der Waals surface area contributed by atoms with Gasteiger partial charge in [-0.15, -0.1) is 0 Å². The number of methoxy groups -OCH3 is 1. The Bertz CT molecular complexity index is 297. The smallest absolute Gasteiger partial charge is 0.132 e. The molecule has 1 aromatic heterocycles. The first-order valence-electron chi connectivity index (χ1n) is 4.59. The summed E-state index contributed by atoms with van der Waals surface area (Å²) in [6.07, 6.45) is 5.35. The van der Waals surface area contributed by atoms with Crippen LogP contribution in [0.2, 0.25) is 0 Å². The summed E-state index contributed by atoms with van der Waals surface area (Å²) in [5.41, 5.74) is 0.930. The first-order chi connectivity index (χ1) is 6.31. The lowest BCUT2D eigenvalue weighted by atomic mass is 10.2. The molecular weight excluding hydrogens is 164 g/mol. The van der Waals surface area contributed by atoms with Gasteiger partial charge in [-0.3, -0.25) is 0 Å². The third-order valence-corrected chi connectivity index (χ3v) is 2.35. The molecule has 0 saturated heterocycles. The van der Waals surface area contributed by atoms with Crippen LogP contribution in [-0.2, 0) is 4.74 Å². The van der Waals surface area contributed by atoms with Crippen LogP contribution < -0.4 is 0 Å². The fourth-order valence-corrected chi connectivity index (χ4v) is 1.21. The number of aromatic nitrogens is 2. The van der Waals surface area contributed by atoms with Crippen molar-refractivity contribution in [2.45, 2.75) is 31.8 Å². The van der Waals surface area contributed by atoms with E-state index in [9.17, 15) is 0 Å². The van der Waals surface area contributed by atoms with Crippen molar-refractivity contribution < 1.29 is 4.74 Å². The average molecular weight is 177 g/mol. The third-order valence-electron chi connectivity index (χ3n) is 2.35. The van der Waals surface area contributed by atoms with Gasteiger partial charge in [0.25, 0.3) is 0 Å². The van der Waals surface area contributed by atoms with Crippen molar-refractivity contribution >= 4 is 0 Å². The Morgan fingerprint density at radius 1 is 1.62 bits per heavy atom. The number of ether oxygens (including phenoxy) is 1. The molecule has 0 bridgehead atoms. The molecule has 1 saturated carbocycles. The number of hydrogen-bond donors (Lipinski definition) is 0. The first kappa shape index (κ1) is 8.63. The van der Waals surface area contributed by atoms with Crippen molar-refractivity contribution in [1.82, 2.24) is 9.97 Å². The van der Waals surface area contributed by atoms with E-state index in [1.807, 2.05) is 6.92 Å². The lowest BCUT2D eigenvalue weighted by Crippen LogP contribution is -2.02. The molecule has 0 aromatic carbocycles. The van der Waals surface area contributed by atoms with Gasteiger partial charge in [0.15, 0.2) is 0 Å². The maximum absolute atomic E-state index is 5.18. The highest BCUT2D eigenvalue weighted by atomic mass is 16.5. The van der Waals surface area contributed by atoms with Gasteiger partial charge >= 0.3 is 0 Å². The van der Waals surface area contributed by atoms with Crippen molar-refractivity contribution in [3.8, 4) is 0 Å². The van der Waals surface area contributed by atoms with E-state index < -0.39 is 0 Å². The predicted molar refractivity (Wildman–Crippen MR) is 48.3 cm³/mol. The molecule has 0 amide bonds. The molecule has 0 aliphatic heterocycles. The van der Waals surface area contributed by atoms with Gasteiger partial charge in [0, 0.05) is 13.0 Å². The Morgan fingerprint density at radius 2 is 2.38 bits per heavy atom. The van der Waals surface area contributed by atoms with Crippen LogP contribution in [0, 0.1) is 6.20 Å². The maximum atomic E-state index is 5.18. The van der Waals surface area contributed by atoms with Gasteiger partial charge in [0.05, 0.1) is 18.0 Å². The molecule has 1 heterocycles. The summed E-state index contributed by atoms with van der Waals surface area (Å²) in [6, 6.07) is 1.79. The molecule has 3 heteroatoms. The summed E-state index contributed by atoms with van der Waals surface area (Å²) in [6.45, 7) is 1.98. The van der Waals surface area contributed by atoms with Crippen molar-refractivity contribution in [3.63, 3.8) is 0 Å². The van der Waals surface area contributed by atoms with Crippen LogP contribution in [-0.4, -0.2) is 17.1 Å². The monoisotopic (exact) mass is 177 g/mol. The summed E-state index contributed by atoms with van der Waals surface area (Å²) in [5.74, 6) is 1.52. The van der Waals surface area contributed by atoms with E-state index in [0.29, 0.717) is 5.92 Å². The van der Waals surface area contributed by atoms with E-state index in [-0.39, 0.29) is 6.10 Å². The molecule has 1 aliphatic rings. The Balaban J connectivity index is 2.21. The van der Waals surface area contributed by atoms with Crippen molar-refractivity contribution in [2.24, 2.45) is 0 Å². The van der Waals surface area contributed by atoms with E-state index in [2.05, 4.69) is 16.2 Å². The molecule has 13 heavy (non-hydrogen) atoms. The van der Waals surface area contributed by atoms with Crippen LogP contribution >= 0.6 is 0 Å². The van der Waals surface area contributed by atoms with Gasteiger partial charge in [-0.05, 0) is 25.8 Å². The minimum atomic E-state index is 0.0387. The molecule has 0 spiro atoms. The highest BCUT2D eigenvalue weighted by molar-refractivity contribution is 5.10. The standard InChI is InChI=1S/C10H13N2O/c1-7(13-2)9-5-6-11-10(12-9)8-3-4-8/h5,7-8H,3-4H2,1-2H3. The van der Waals surface area contributed by atoms with Gasteiger partial charge in [-0.2, -0.15) is 0 Å². The van der Waals surface area contributed by atoms with Gasteiger partial charge < -0.3 is 4.74 Å². The second-order valence-electron chi connectivity index (χ2n) is 3.43. The van der Waals surface area contributed by atoms with E-state index in [1.165, 1.54) is 12.8 Å². The second kappa shape index (κ2) is 3.42. The van der Waals surface area contributed by atoms with Crippen molar-refractivity contribution in [3.05, 3.63) is 23.8 Å². The van der Waals surface area contributed by atoms with Crippen LogP contribution in [0.15, 0.2) is 6.07 Å². The zero-order chi connectivity index (χ0) is 9.26. The zero-order valence-electron chi connectivity index (χ0n) is 7.95. The lowest BCUT2D eigenvalue weighted by molar-refractivity contribution is 0.115. The minimum absolute atomic E-state index is 0.0387. The summed E-state index contributed by atoms with van der Waals surface area (Å²) in [4.78, 5) is 8.56. The third kappa shape index (κ3) is 1.86. The SMILES string of the molecule is COC(C)c1c[c]nc(C2CC2)n1. The quantitative estimate of drug-likeness (QED) is 0.706. The second-order valence-corrected chi connectivity index (χ2v) is 3.43. The number of nitrogens with zero attached hydrogens (tertiary/aromatic N) is 2. The van der Waals surface area contributed by atoms with Crippen molar-refractivity contribution in [2.75, 3.05) is 7.11 Å². The van der Waals surface area contributed by atoms with Crippen LogP contribution in [0.1, 0.15) is 43.3 Å². The van der Waals surface area contributed by atoms with Gasteiger partial charge in [-0.25, -0.2) is 9.97 Å². The Hall–Kier alpha value is -0.960. The van der Waals surface area contributed by atoms with E-state index >= 15 is 0 Å². The number of hydrogen-bond acceptors (Lipinski definition) is 3. The van der Waals surface area contributed by atoms with Gasteiger partial charge in [0.2, 0.25) is 0 Å². The molecule has 1 aromatic rings. The molecule has 69 valence electrons. The Morgan fingerprint density at radius 3 is 3.00 bits per heavy atom. The first-order valence-corrected chi connectivity index (χ1v) is 4.59. The Labute approximate surface area is 78.2 Å². The molecule has 1 aliphatic carbocycles. The molecule has 1 radical (unpaired) electrons. The van der Waals surface area contributed by atoms with E-state index in [0.717, 1.165) is 11.5 Å². The molecule has 2 rings (SSSR count). The summed E-state index contributed by atoms with van der Waals surface area (Å²) >= 11 is 0. The molecular formula is C10H13N2O. The minimum Gasteiger partial charge on any atom is -0.375 e. The molecule has 1 atom stereocenters. The largest absolute Gasteiger partial charge is 0.375 e. The summed E-state index contributed by atoms with van der Waals surface area (Å²) in [7, 11) is 1.68. The van der Waals surface area contributed by atoms with Gasteiger partial charge in [0.1, 0.15) is 5.82 Å². The summed E-state index contributed by atoms with van der Waals surface area (Å²) in [5, 5.41) is 0.